The molecular weight excluding hydrogens is 408 g/mol. The van der Waals surface area contributed by atoms with E-state index in [-0.39, 0.29) is 22.1 Å². The summed E-state index contributed by atoms with van der Waals surface area (Å²) in [5, 5.41) is 8.85. The molecule has 3 rings (SSSR count). The number of imidazole rings is 1. The van der Waals surface area contributed by atoms with E-state index in [0.717, 1.165) is 18.4 Å². The lowest BCUT2D eigenvalue weighted by molar-refractivity contribution is -0.121. The molecule has 29 heavy (non-hydrogen) atoms. The minimum Gasteiger partial charge on any atom is -0.352 e. The Bertz CT molecular complexity index is 1000. The molecule has 1 fully saturated rings. The summed E-state index contributed by atoms with van der Waals surface area (Å²) in [7, 11) is -3.79. The average molecular weight is 439 g/mol. The van der Waals surface area contributed by atoms with Gasteiger partial charge in [-0.1, -0.05) is 38.5 Å². The van der Waals surface area contributed by atoms with E-state index in [1.165, 1.54) is 30.3 Å². The minimum atomic E-state index is -3.79. The first kappa shape index (κ1) is 22.1. The molecule has 1 heterocycles. The average Bonchev–Trinajstić information content (AvgIpc) is 3.00. The standard InChI is InChI=1S/C20H30N4O3S2/c1-5-24-18-10-9-15(29(21,26)27)11-17(18)23-20(24)28-14(4)19(25)22-16-8-6-7-12(2)13(16)3/h9-14,16H,5-8H2,1-4H3,(H,22,25)(H2,21,26,27)/t12-,13+,14+,16+/m0/s1. The maximum Gasteiger partial charge on any atom is 0.238 e. The van der Waals surface area contributed by atoms with Crippen LogP contribution in [0.2, 0.25) is 0 Å². The zero-order valence-corrected chi connectivity index (χ0v) is 19.0. The highest BCUT2D eigenvalue weighted by Crippen LogP contribution is 2.31. The lowest BCUT2D eigenvalue weighted by atomic mass is 9.78. The van der Waals surface area contributed by atoms with Crippen LogP contribution < -0.4 is 10.5 Å². The van der Waals surface area contributed by atoms with Gasteiger partial charge in [-0.3, -0.25) is 4.79 Å². The first-order valence-corrected chi connectivity index (χ1v) is 12.5. The smallest absolute Gasteiger partial charge is 0.238 e. The Morgan fingerprint density at radius 1 is 1.38 bits per heavy atom. The van der Waals surface area contributed by atoms with Crippen molar-refractivity contribution < 1.29 is 13.2 Å². The summed E-state index contributed by atoms with van der Waals surface area (Å²) >= 11 is 1.39. The zero-order valence-electron chi connectivity index (χ0n) is 17.4. The Kier molecular flexibility index (Phi) is 6.60. The van der Waals surface area contributed by atoms with Gasteiger partial charge < -0.3 is 9.88 Å². The fourth-order valence-electron chi connectivity index (χ4n) is 3.96. The number of hydrogen-bond donors (Lipinski definition) is 2. The van der Waals surface area contributed by atoms with Gasteiger partial charge in [-0.25, -0.2) is 18.5 Å². The second-order valence-corrected chi connectivity index (χ2v) is 10.8. The number of rotatable bonds is 6. The number of fused-ring (bicyclic) bond motifs is 1. The first-order chi connectivity index (χ1) is 13.6. The number of nitrogens with one attached hydrogen (secondary N) is 1. The van der Waals surface area contributed by atoms with Crippen LogP contribution in [0, 0.1) is 11.8 Å². The van der Waals surface area contributed by atoms with Crippen LogP contribution in [0.4, 0.5) is 0 Å². The Hall–Kier alpha value is -1.58. The van der Waals surface area contributed by atoms with Crippen LogP contribution in [0.3, 0.4) is 0 Å². The summed E-state index contributed by atoms with van der Waals surface area (Å²) in [5.41, 5.74) is 1.38. The topological polar surface area (TPSA) is 107 Å². The van der Waals surface area contributed by atoms with Gasteiger partial charge in [-0.05, 0) is 50.3 Å². The molecule has 1 aliphatic rings. The van der Waals surface area contributed by atoms with Crippen LogP contribution in [0.25, 0.3) is 11.0 Å². The molecule has 1 amide bonds. The van der Waals surface area contributed by atoms with Crippen LogP contribution in [-0.4, -0.2) is 35.2 Å². The molecule has 0 bridgehead atoms. The quantitative estimate of drug-likeness (QED) is 0.674. The summed E-state index contributed by atoms with van der Waals surface area (Å²) in [6.45, 7) is 9.01. The second kappa shape index (κ2) is 8.65. The number of nitrogens with two attached hydrogens (primary N) is 1. The molecule has 0 radical (unpaired) electrons. The maximum atomic E-state index is 12.8. The highest BCUT2D eigenvalue weighted by molar-refractivity contribution is 8.00. The summed E-state index contributed by atoms with van der Waals surface area (Å²) in [4.78, 5) is 17.4. The number of carbonyl (C=O) groups is 1. The minimum absolute atomic E-state index is 0.0147. The van der Waals surface area contributed by atoms with Gasteiger partial charge in [-0.2, -0.15) is 0 Å². The van der Waals surface area contributed by atoms with E-state index < -0.39 is 10.0 Å². The molecule has 1 saturated carbocycles. The number of sulfonamides is 1. The van der Waals surface area contributed by atoms with Gasteiger partial charge in [0, 0.05) is 12.6 Å². The molecule has 9 heteroatoms. The lowest BCUT2D eigenvalue weighted by Crippen LogP contribution is -2.46. The number of nitrogens with zero attached hydrogens (tertiary/aromatic N) is 2. The molecule has 4 atom stereocenters. The van der Waals surface area contributed by atoms with Crippen LogP contribution in [-0.2, 0) is 21.4 Å². The first-order valence-electron chi connectivity index (χ1n) is 10.1. The number of primary sulfonamides is 1. The van der Waals surface area contributed by atoms with Gasteiger partial charge in [-0.15, -0.1) is 0 Å². The van der Waals surface area contributed by atoms with Crippen molar-refractivity contribution >= 4 is 38.7 Å². The highest BCUT2D eigenvalue weighted by Gasteiger charge is 2.30. The maximum absolute atomic E-state index is 12.8. The van der Waals surface area contributed by atoms with E-state index in [2.05, 4.69) is 24.1 Å². The number of aryl methyl sites for hydroxylation is 1. The third kappa shape index (κ3) is 4.78. The van der Waals surface area contributed by atoms with E-state index in [0.29, 0.717) is 29.1 Å². The fourth-order valence-corrected chi connectivity index (χ4v) is 5.49. The molecule has 1 aliphatic carbocycles. The third-order valence-electron chi connectivity index (χ3n) is 6.02. The summed E-state index contributed by atoms with van der Waals surface area (Å²) in [6.07, 6.45) is 3.40. The van der Waals surface area contributed by atoms with E-state index in [9.17, 15) is 13.2 Å². The Morgan fingerprint density at radius 2 is 2.10 bits per heavy atom. The van der Waals surface area contributed by atoms with Crippen molar-refractivity contribution in [1.29, 1.82) is 0 Å². The molecule has 1 aromatic carbocycles. The Morgan fingerprint density at radius 3 is 2.76 bits per heavy atom. The Balaban J connectivity index is 1.78. The number of amides is 1. The van der Waals surface area contributed by atoms with Gasteiger partial charge in [0.2, 0.25) is 15.9 Å². The Labute approximate surface area is 176 Å². The number of thioether (sulfide) groups is 1. The molecule has 0 spiro atoms. The molecule has 2 aromatic rings. The normalized spacial score (nSPS) is 23.8. The van der Waals surface area contributed by atoms with Gasteiger partial charge in [0.05, 0.1) is 21.2 Å². The molecule has 3 N–H and O–H groups in total. The largest absolute Gasteiger partial charge is 0.352 e. The molecule has 7 nitrogen and oxygen atoms in total. The van der Waals surface area contributed by atoms with Crippen molar-refractivity contribution in [2.75, 3.05) is 0 Å². The summed E-state index contributed by atoms with van der Waals surface area (Å²) in [6, 6.07) is 4.90. The van der Waals surface area contributed by atoms with Gasteiger partial charge in [0.1, 0.15) is 0 Å². The van der Waals surface area contributed by atoms with Crippen molar-refractivity contribution in [3.63, 3.8) is 0 Å². The fraction of sp³-hybridized carbons (Fsp3) is 0.600. The highest BCUT2D eigenvalue weighted by atomic mass is 32.2. The van der Waals surface area contributed by atoms with Gasteiger partial charge >= 0.3 is 0 Å². The SMILES string of the molecule is CCn1c(S[C@H](C)C(=O)N[C@@H]2CCC[C@H](C)[C@H]2C)nc2cc(S(N)(=O)=O)ccc21. The third-order valence-corrected chi connectivity index (χ3v) is 8.02. The molecule has 0 aliphatic heterocycles. The van der Waals surface area contributed by atoms with E-state index in [1.54, 1.807) is 6.07 Å². The van der Waals surface area contributed by atoms with E-state index in [4.69, 9.17) is 5.14 Å². The summed E-state index contributed by atoms with van der Waals surface area (Å²) < 4.78 is 25.2. The molecule has 160 valence electrons. The van der Waals surface area contributed by atoms with Crippen molar-refractivity contribution in [2.24, 2.45) is 17.0 Å². The number of carbonyl (C=O) groups excluding carboxylic acids is 1. The predicted molar refractivity (Wildman–Crippen MR) is 116 cm³/mol. The molecule has 0 unspecified atom stereocenters. The van der Waals surface area contributed by atoms with E-state index in [1.807, 2.05) is 18.4 Å². The van der Waals surface area contributed by atoms with Crippen molar-refractivity contribution in [2.45, 2.75) is 74.8 Å². The van der Waals surface area contributed by atoms with Crippen LogP contribution in [0.15, 0.2) is 28.3 Å². The number of aromatic nitrogens is 2. The number of benzene rings is 1. The molecule has 1 aromatic heterocycles. The van der Waals surface area contributed by atoms with Gasteiger partial charge in [0.15, 0.2) is 5.16 Å². The van der Waals surface area contributed by atoms with Crippen molar-refractivity contribution in [1.82, 2.24) is 14.9 Å². The van der Waals surface area contributed by atoms with Crippen LogP contribution >= 0.6 is 11.8 Å². The monoisotopic (exact) mass is 438 g/mol. The van der Waals surface area contributed by atoms with E-state index >= 15 is 0 Å². The number of hydrogen-bond acceptors (Lipinski definition) is 5. The van der Waals surface area contributed by atoms with Crippen LogP contribution in [0.1, 0.15) is 47.0 Å². The lowest BCUT2D eigenvalue weighted by Gasteiger charge is -2.35. The zero-order chi connectivity index (χ0) is 21.3. The van der Waals surface area contributed by atoms with Crippen LogP contribution in [0.5, 0.6) is 0 Å². The van der Waals surface area contributed by atoms with Gasteiger partial charge in [0.25, 0.3) is 0 Å². The molecular formula is C20H30N4O3S2. The summed E-state index contributed by atoms with van der Waals surface area (Å²) in [5.74, 6) is 1.11. The predicted octanol–water partition coefficient (Wildman–Crippen LogP) is 3.13. The van der Waals surface area contributed by atoms with Crippen molar-refractivity contribution in [3.05, 3.63) is 18.2 Å². The molecule has 0 saturated heterocycles. The second-order valence-electron chi connectivity index (χ2n) is 7.98. The van der Waals surface area contributed by atoms with Crippen molar-refractivity contribution in [3.8, 4) is 0 Å².